The summed E-state index contributed by atoms with van der Waals surface area (Å²) >= 11 is 0. The number of esters is 1. The van der Waals surface area contributed by atoms with Gasteiger partial charge in [0.1, 0.15) is 0 Å². The van der Waals surface area contributed by atoms with Crippen LogP contribution in [0, 0.1) is 17.2 Å². The van der Waals surface area contributed by atoms with Crippen molar-refractivity contribution in [2.24, 2.45) is 5.92 Å². The Bertz CT molecular complexity index is 642. The monoisotopic (exact) mass is 323 g/mol. The van der Waals surface area contributed by atoms with Gasteiger partial charge in [-0.15, -0.1) is 0 Å². The summed E-state index contributed by atoms with van der Waals surface area (Å²) < 4.78 is 29.5. The van der Waals surface area contributed by atoms with Crippen LogP contribution in [0.5, 0.6) is 0 Å². The minimum atomic E-state index is -3.64. The minimum absolute atomic E-state index is 0.229. The molecule has 0 heterocycles. The van der Waals surface area contributed by atoms with E-state index in [1.54, 1.807) is 24.3 Å². The Balaban J connectivity index is 2.67. The number of hydrogen-bond acceptors (Lipinski definition) is 5. The number of nitriles is 1. The predicted molar refractivity (Wildman–Crippen MR) is 83.7 cm³/mol. The van der Waals surface area contributed by atoms with Crippen molar-refractivity contribution in [3.63, 3.8) is 0 Å². The largest absolute Gasteiger partial charge is 0.465 e. The molecule has 22 heavy (non-hydrogen) atoms. The SMILES string of the molecule is CC(C)CCOC(=O)C(C)S(=O)(=O)Cc1ccc(C#N)cc1. The zero-order valence-corrected chi connectivity index (χ0v) is 13.9. The van der Waals surface area contributed by atoms with Crippen molar-refractivity contribution in [3.8, 4) is 6.07 Å². The third-order valence-electron chi connectivity index (χ3n) is 3.26. The molecule has 0 aliphatic rings. The van der Waals surface area contributed by atoms with Crippen molar-refractivity contribution in [3.05, 3.63) is 35.4 Å². The molecule has 0 spiro atoms. The summed E-state index contributed by atoms with van der Waals surface area (Å²) in [5.41, 5.74) is 1.00. The van der Waals surface area contributed by atoms with E-state index < -0.39 is 21.1 Å². The highest BCUT2D eigenvalue weighted by Gasteiger charge is 2.29. The van der Waals surface area contributed by atoms with Crippen molar-refractivity contribution >= 4 is 15.8 Å². The van der Waals surface area contributed by atoms with Gasteiger partial charge in [-0.1, -0.05) is 26.0 Å². The van der Waals surface area contributed by atoms with Gasteiger partial charge in [0, 0.05) is 0 Å². The van der Waals surface area contributed by atoms with E-state index in [1.165, 1.54) is 6.92 Å². The molecule has 0 aliphatic carbocycles. The molecule has 0 radical (unpaired) electrons. The van der Waals surface area contributed by atoms with Crippen molar-refractivity contribution in [1.82, 2.24) is 0 Å². The van der Waals surface area contributed by atoms with Gasteiger partial charge in [-0.25, -0.2) is 8.42 Å². The Hall–Kier alpha value is -1.87. The summed E-state index contributed by atoms with van der Waals surface area (Å²) in [6.07, 6.45) is 0.703. The number of hydrogen-bond donors (Lipinski definition) is 0. The molecule has 1 rings (SSSR count). The first-order chi connectivity index (χ1) is 10.3. The second-order valence-corrected chi connectivity index (χ2v) is 7.93. The van der Waals surface area contributed by atoms with Gasteiger partial charge in [0.05, 0.1) is 24.0 Å². The Morgan fingerprint density at radius 1 is 1.23 bits per heavy atom. The van der Waals surface area contributed by atoms with Crippen LogP contribution in [0.4, 0.5) is 0 Å². The summed E-state index contributed by atoms with van der Waals surface area (Å²) in [5, 5.41) is 7.52. The first-order valence-corrected chi connectivity index (χ1v) is 8.85. The minimum Gasteiger partial charge on any atom is -0.465 e. The lowest BCUT2D eigenvalue weighted by atomic mass is 10.1. The van der Waals surface area contributed by atoms with Gasteiger partial charge in [-0.2, -0.15) is 5.26 Å². The molecule has 0 N–H and O–H groups in total. The molecule has 0 saturated heterocycles. The van der Waals surface area contributed by atoms with E-state index in [0.717, 1.165) is 0 Å². The van der Waals surface area contributed by atoms with Gasteiger partial charge in [-0.05, 0) is 37.0 Å². The van der Waals surface area contributed by atoms with E-state index >= 15 is 0 Å². The highest BCUT2D eigenvalue weighted by Crippen LogP contribution is 2.14. The van der Waals surface area contributed by atoms with E-state index in [2.05, 4.69) is 0 Å². The zero-order chi connectivity index (χ0) is 16.8. The number of benzene rings is 1. The van der Waals surface area contributed by atoms with Gasteiger partial charge in [0.25, 0.3) is 0 Å². The smallest absolute Gasteiger partial charge is 0.324 e. The molecule has 0 aromatic heterocycles. The van der Waals surface area contributed by atoms with Crippen LogP contribution in [-0.2, 0) is 25.1 Å². The average Bonchev–Trinajstić information content (AvgIpc) is 2.46. The van der Waals surface area contributed by atoms with Crippen molar-refractivity contribution < 1.29 is 17.9 Å². The lowest BCUT2D eigenvalue weighted by Crippen LogP contribution is -2.30. The molecular formula is C16H21NO4S. The second kappa shape index (κ2) is 7.95. The molecule has 0 saturated carbocycles. The summed E-state index contributed by atoms with van der Waals surface area (Å²) in [6.45, 7) is 5.57. The highest BCUT2D eigenvalue weighted by molar-refractivity contribution is 7.92. The van der Waals surface area contributed by atoms with Crippen molar-refractivity contribution in [1.29, 1.82) is 5.26 Å². The van der Waals surface area contributed by atoms with Crippen LogP contribution in [-0.4, -0.2) is 26.2 Å². The van der Waals surface area contributed by atoms with Gasteiger partial charge < -0.3 is 4.74 Å². The Morgan fingerprint density at radius 2 is 1.82 bits per heavy atom. The summed E-state index contributed by atoms with van der Waals surface area (Å²) in [6, 6.07) is 8.22. The number of nitrogens with zero attached hydrogens (tertiary/aromatic N) is 1. The Kier molecular flexibility index (Phi) is 6.57. The molecule has 1 aromatic rings. The van der Waals surface area contributed by atoms with Crippen LogP contribution in [0.15, 0.2) is 24.3 Å². The van der Waals surface area contributed by atoms with Gasteiger partial charge in [0.15, 0.2) is 15.1 Å². The molecule has 0 bridgehead atoms. The lowest BCUT2D eigenvalue weighted by Gasteiger charge is -2.13. The average molecular weight is 323 g/mol. The lowest BCUT2D eigenvalue weighted by molar-refractivity contribution is -0.143. The fourth-order valence-electron chi connectivity index (χ4n) is 1.69. The van der Waals surface area contributed by atoms with Crippen LogP contribution < -0.4 is 0 Å². The normalized spacial score (nSPS) is 12.7. The van der Waals surface area contributed by atoms with Crippen LogP contribution >= 0.6 is 0 Å². The zero-order valence-electron chi connectivity index (χ0n) is 13.1. The Labute approximate surface area is 131 Å². The summed E-state index contributed by atoms with van der Waals surface area (Å²) in [7, 11) is -3.64. The van der Waals surface area contributed by atoms with Crippen molar-refractivity contribution in [2.75, 3.05) is 6.61 Å². The number of ether oxygens (including phenoxy) is 1. The maximum atomic E-state index is 12.2. The van der Waals surface area contributed by atoms with Gasteiger partial charge in [-0.3, -0.25) is 4.79 Å². The van der Waals surface area contributed by atoms with Gasteiger partial charge in [0.2, 0.25) is 0 Å². The van der Waals surface area contributed by atoms with E-state index in [-0.39, 0.29) is 12.4 Å². The van der Waals surface area contributed by atoms with E-state index in [0.29, 0.717) is 23.5 Å². The third-order valence-corrected chi connectivity index (χ3v) is 5.27. The summed E-state index contributed by atoms with van der Waals surface area (Å²) in [5.74, 6) is -0.577. The molecule has 120 valence electrons. The number of rotatable bonds is 7. The number of carbonyl (C=O) groups excluding carboxylic acids is 1. The Morgan fingerprint density at radius 3 is 2.32 bits per heavy atom. The number of sulfone groups is 1. The molecule has 1 unspecified atom stereocenters. The molecule has 6 heteroatoms. The highest BCUT2D eigenvalue weighted by atomic mass is 32.2. The first kappa shape index (κ1) is 18.2. The maximum Gasteiger partial charge on any atom is 0.324 e. The van der Waals surface area contributed by atoms with Crippen LogP contribution in [0.25, 0.3) is 0 Å². The van der Waals surface area contributed by atoms with E-state index in [4.69, 9.17) is 10.00 Å². The molecule has 1 atom stereocenters. The number of carbonyl (C=O) groups is 1. The molecule has 0 amide bonds. The fourth-order valence-corrected chi connectivity index (χ4v) is 2.96. The summed E-state index contributed by atoms with van der Waals surface area (Å²) in [4.78, 5) is 11.8. The maximum absolute atomic E-state index is 12.2. The van der Waals surface area contributed by atoms with Crippen LogP contribution in [0.2, 0.25) is 0 Å². The second-order valence-electron chi connectivity index (χ2n) is 5.61. The topological polar surface area (TPSA) is 84.2 Å². The third kappa shape index (κ3) is 5.49. The standard InChI is InChI=1S/C16H21NO4S/c1-12(2)8-9-21-16(18)13(3)22(19,20)11-15-6-4-14(10-17)5-7-15/h4-7,12-13H,8-9,11H2,1-3H3. The fraction of sp³-hybridized carbons (Fsp3) is 0.500. The van der Waals surface area contributed by atoms with E-state index in [9.17, 15) is 13.2 Å². The predicted octanol–water partition coefficient (Wildman–Crippen LogP) is 2.45. The molecule has 0 fully saturated rings. The van der Waals surface area contributed by atoms with Gasteiger partial charge >= 0.3 is 5.97 Å². The molecule has 0 aliphatic heterocycles. The molecule has 1 aromatic carbocycles. The molecule has 5 nitrogen and oxygen atoms in total. The first-order valence-electron chi connectivity index (χ1n) is 7.13. The van der Waals surface area contributed by atoms with Crippen LogP contribution in [0.1, 0.15) is 38.3 Å². The van der Waals surface area contributed by atoms with Crippen LogP contribution in [0.3, 0.4) is 0 Å². The molecular weight excluding hydrogens is 302 g/mol. The van der Waals surface area contributed by atoms with Crippen molar-refractivity contribution in [2.45, 2.75) is 38.2 Å². The van der Waals surface area contributed by atoms with E-state index in [1.807, 2.05) is 19.9 Å². The quantitative estimate of drug-likeness (QED) is 0.720.